The Morgan fingerprint density at radius 3 is 2.47 bits per heavy atom. The van der Waals surface area contributed by atoms with Gasteiger partial charge in [-0.1, -0.05) is 6.07 Å². The van der Waals surface area contributed by atoms with E-state index in [2.05, 4.69) is 0 Å². The van der Waals surface area contributed by atoms with E-state index >= 15 is 0 Å². The Labute approximate surface area is 114 Å². The molecule has 1 rings (SSSR count). The second-order valence-corrected chi connectivity index (χ2v) is 4.75. The van der Waals surface area contributed by atoms with Gasteiger partial charge in [-0.15, -0.1) is 11.8 Å². The number of nitrogens with two attached hydrogens (primary N) is 1. The van der Waals surface area contributed by atoms with Crippen molar-refractivity contribution in [3.8, 4) is 0 Å². The van der Waals surface area contributed by atoms with Crippen LogP contribution in [0, 0.1) is 5.41 Å². The van der Waals surface area contributed by atoms with Gasteiger partial charge in [-0.2, -0.15) is 13.2 Å². The van der Waals surface area contributed by atoms with Crippen LogP contribution in [0.5, 0.6) is 0 Å². The molecule has 106 valence electrons. The van der Waals surface area contributed by atoms with Crippen molar-refractivity contribution in [3.05, 3.63) is 23.8 Å². The van der Waals surface area contributed by atoms with Crippen LogP contribution in [0.1, 0.15) is 12.5 Å². The molecule has 0 atom stereocenters. The van der Waals surface area contributed by atoms with Crippen LogP contribution in [-0.4, -0.2) is 31.4 Å². The van der Waals surface area contributed by atoms with Crippen LogP contribution in [0.2, 0.25) is 0 Å². The van der Waals surface area contributed by atoms with Crippen LogP contribution in [0.15, 0.2) is 23.1 Å². The zero-order chi connectivity index (χ0) is 14.6. The summed E-state index contributed by atoms with van der Waals surface area (Å²) in [6.07, 6.45) is -2.50. The first-order chi connectivity index (χ1) is 8.80. The molecule has 0 aromatic heterocycles. The first-order valence-corrected chi connectivity index (χ1v) is 6.85. The largest absolute Gasteiger partial charge is 0.405 e. The molecule has 0 amide bonds. The van der Waals surface area contributed by atoms with E-state index in [1.165, 1.54) is 16.7 Å². The van der Waals surface area contributed by atoms with Crippen molar-refractivity contribution < 1.29 is 13.2 Å². The number of benzene rings is 1. The fourth-order valence-electron chi connectivity index (χ4n) is 1.81. The molecule has 0 saturated carbocycles. The minimum absolute atomic E-state index is 0.192. The Hall–Kier alpha value is -1.37. The van der Waals surface area contributed by atoms with Crippen LogP contribution in [0.25, 0.3) is 0 Å². The fourth-order valence-corrected chi connectivity index (χ4v) is 2.44. The van der Waals surface area contributed by atoms with Gasteiger partial charge in [-0.25, -0.2) is 0 Å². The van der Waals surface area contributed by atoms with Crippen LogP contribution >= 0.6 is 11.8 Å². The number of thioether (sulfide) groups is 1. The minimum atomic E-state index is -4.29. The van der Waals surface area contributed by atoms with Gasteiger partial charge in [0.25, 0.3) is 0 Å². The van der Waals surface area contributed by atoms with Gasteiger partial charge in [0.15, 0.2) is 0 Å². The smallest absolute Gasteiger partial charge is 0.384 e. The quantitative estimate of drug-likeness (QED) is 0.498. The lowest BCUT2D eigenvalue weighted by Crippen LogP contribution is -2.35. The second kappa shape index (κ2) is 6.18. The van der Waals surface area contributed by atoms with Gasteiger partial charge in [-0.3, -0.25) is 5.41 Å². The second-order valence-electron chi connectivity index (χ2n) is 3.90. The first-order valence-electron chi connectivity index (χ1n) is 5.63. The molecule has 0 heterocycles. The summed E-state index contributed by atoms with van der Waals surface area (Å²) in [5.41, 5.74) is 6.22. The molecule has 0 aliphatic heterocycles. The van der Waals surface area contributed by atoms with E-state index < -0.39 is 12.7 Å². The summed E-state index contributed by atoms with van der Waals surface area (Å²) in [6.45, 7) is 0.778. The van der Waals surface area contributed by atoms with Crippen molar-refractivity contribution in [3.63, 3.8) is 0 Å². The molecule has 0 aliphatic rings. The lowest BCUT2D eigenvalue weighted by molar-refractivity contribution is -0.119. The number of halogens is 3. The Kier molecular flexibility index (Phi) is 5.11. The van der Waals surface area contributed by atoms with E-state index in [1.807, 2.05) is 0 Å². The van der Waals surface area contributed by atoms with Gasteiger partial charge in [0, 0.05) is 17.1 Å². The standard InChI is InChI=1S/C12H16F3N3S/c1-3-18(7-12(13,14)15)8-5-4-6-9(19-2)10(8)11(16)17/h4-6H,3,7H2,1-2H3,(H3,16,17). The molecule has 3 nitrogen and oxygen atoms in total. The highest BCUT2D eigenvalue weighted by Crippen LogP contribution is 2.31. The number of anilines is 1. The SMILES string of the molecule is CCN(CC(F)(F)F)c1cccc(SC)c1C(=N)N. The molecule has 0 fully saturated rings. The third kappa shape index (κ3) is 4.05. The number of hydrogen-bond acceptors (Lipinski definition) is 3. The van der Waals surface area contributed by atoms with Crippen molar-refractivity contribution in [2.75, 3.05) is 24.2 Å². The van der Waals surface area contributed by atoms with Gasteiger partial charge in [0.2, 0.25) is 0 Å². The molecule has 0 aliphatic carbocycles. The molecule has 0 spiro atoms. The highest BCUT2D eigenvalue weighted by atomic mass is 32.2. The molecule has 0 radical (unpaired) electrons. The van der Waals surface area contributed by atoms with Crippen molar-refractivity contribution >= 4 is 23.3 Å². The molecule has 1 aromatic rings. The predicted molar refractivity (Wildman–Crippen MR) is 73.2 cm³/mol. The summed E-state index contributed by atoms with van der Waals surface area (Å²) in [5.74, 6) is -0.222. The summed E-state index contributed by atoms with van der Waals surface area (Å²) < 4.78 is 37.7. The van der Waals surface area contributed by atoms with E-state index in [4.69, 9.17) is 11.1 Å². The van der Waals surface area contributed by atoms with E-state index in [0.717, 1.165) is 0 Å². The number of rotatable bonds is 5. The van der Waals surface area contributed by atoms with E-state index in [0.29, 0.717) is 16.1 Å². The summed E-state index contributed by atoms with van der Waals surface area (Å²) in [4.78, 5) is 1.88. The summed E-state index contributed by atoms with van der Waals surface area (Å²) in [7, 11) is 0. The maximum Gasteiger partial charge on any atom is 0.405 e. The van der Waals surface area contributed by atoms with Crippen LogP contribution in [0.3, 0.4) is 0 Å². The summed E-state index contributed by atoms with van der Waals surface area (Å²) in [5, 5.41) is 7.58. The Morgan fingerprint density at radius 1 is 1.42 bits per heavy atom. The van der Waals surface area contributed by atoms with Gasteiger partial charge < -0.3 is 10.6 Å². The van der Waals surface area contributed by atoms with Crippen molar-refractivity contribution in [1.82, 2.24) is 0 Å². The monoisotopic (exact) mass is 291 g/mol. The molecule has 7 heteroatoms. The molecular weight excluding hydrogens is 275 g/mol. The minimum Gasteiger partial charge on any atom is -0.384 e. The molecule has 1 aromatic carbocycles. The van der Waals surface area contributed by atoms with Gasteiger partial charge in [-0.05, 0) is 25.3 Å². The molecule has 0 saturated heterocycles. The average molecular weight is 291 g/mol. The maximum absolute atomic E-state index is 12.6. The molecule has 0 bridgehead atoms. The Morgan fingerprint density at radius 2 is 2.05 bits per heavy atom. The number of alkyl halides is 3. The number of nitrogens with one attached hydrogen (secondary N) is 1. The van der Waals surface area contributed by atoms with Crippen LogP contribution in [-0.2, 0) is 0 Å². The number of amidine groups is 1. The van der Waals surface area contributed by atoms with Crippen molar-refractivity contribution in [2.45, 2.75) is 18.0 Å². The van der Waals surface area contributed by atoms with E-state index in [9.17, 15) is 13.2 Å². The molecule has 3 N–H and O–H groups in total. The highest BCUT2D eigenvalue weighted by molar-refractivity contribution is 7.98. The van der Waals surface area contributed by atoms with Gasteiger partial charge >= 0.3 is 6.18 Å². The Balaban J connectivity index is 3.27. The fraction of sp³-hybridized carbons (Fsp3) is 0.417. The first kappa shape index (κ1) is 15.7. The molecule has 19 heavy (non-hydrogen) atoms. The average Bonchev–Trinajstić information content (AvgIpc) is 2.33. The van der Waals surface area contributed by atoms with E-state index in [1.54, 1.807) is 31.4 Å². The molecule has 0 unspecified atom stereocenters. The normalized spacial score (nSPS) is 11.4. The number of nitrogens with zero attached hydrogens (tertiary/aromatic N) is 1. The highest BCUT2D eigenvalue weighted by Gasteiger charge is 2.31. The lowest BCUT2D eigenvalue weighted by atomic mass is 10.1. The van der Waals surface area contributed by atoms with Crippen LogP contribution < -0.4 is 10.6 Å². The van der Waals surface area contributed by atoms with Crippen LogP contribution in [0.4, 0.5) is 18.9 Å². The summed E-state index contributed by atoms with van der Waals surface area (Å²) >= 11 is 1.36. The third-order valence-electron chi connectivity index (χ3n) is 2.59. The summed E-state index contributed by atoms with van der Waals surface area (Å²) in [6, 6.07) is 4.98. The van der Waals surface area contributed by atoms with Crippen molar-refractivity contribution in [2.24, 2.45) is 5.73 Å². The zero-order valence-corrected chi connectivity index (χ0v) is 11.5. The third-order valence-corrected chi connectivity index (χ3v) is 3.37. The maximum atomic E-state index is 12.6. The topological polar surface area (TPSA) is 53.1 Å². The van der Waals surface area contributed by atoms with Crippen molar-refractivity contribution in [1.29, 1.82) is 5.41 Å². The molecular formula is C12H16F3N3S. The van der Waals surface area contributed by atoms with Gasteiger partial charge in [0.1, 0.15) is 12.4 Å². The number of hydrogen-bond donors (Lipinski definition) is 2. The number of nitrogen functional groups attached to an aromatic ring is 1. The zero-order valence-electron chi connectivity index (χ0n) is 10.7. The lowest BCUT2D eigenvalue weighted by Gasteiger charge is -2.27. The van der Waals surface area contributed by atoms with E-state index in [-0.39, 0.29) is 12.4 Å². The predicted octanol–water partition coefficient (Wildman–Crippen LogP) is 3.08. The Bertz CT molecular complexity index is 460. The van der Waals surface area contributed by atoms with Gasteiger partial charge in [0.05, 0.1) is 5.56 Å².